The molecule has 7 aromatic heterocycles. The molecule has 0 aliphatic carbocycles. The van der Waals surface area contributed by atoms with Crippen LogP contribution in [0.2, 0.25) is 44.5 Å². The standard InChI is InChI=1S/C30H21NS3.C30H18NS3.C18H12Br3N.C10H15BO2S.9CH3.3Sn/c2*1-4-28(32-19-1)22-7-13-25(14-8-22)31(26-15-9-23(10-16-26)29-5-2-20-33-29)27-17-11-24(12-18-27)30-6-3-21-34-30;19-13-1-7-16(8-2-13)22(17-9-3-14(20)4-10-17)18-11-5-15(21)6-12-18;1-9(2)10(3,4)13-11(12-9)8-6-5-7-14-8;;;;;;;;;;;;/h1-21H;1-18H;1-12H;5-7H,1-4H3;9*1H3;;;. The Morgan fingerprint density at radius 3 is 0.647 bits per heavy atom. The fraction of sp³-hybridized carbons (Fsp3) is 0.155. The zero-order valence-corrected chi connectivity index (χ0v) is 86.4. The van der Waals surface area contributed by atoms with Crippen molar-refractivity contribution in [1.82, 2.24) is 0 Å². The summed E-state index contributed by atoms with van der Waals surface area (Å²) >= 11 is 17.2. The van der Waals surface area contributed by atoms with Crippen LogP contribution in [-0.2, 0) is 9.31 Å². The number of nitrogens with zero attached hydrogens (tertiary/aromatic N) is 3. The Labute approximate surface area is 752 Å². The van der Waals surface area contributed by atoms with Crippen LogP contribution in [-0.4, -0.2) is 73.5 Å². The first-order valence-corrected chi connectivity index (χ1v) is 77.0. The van der Waals surface area contributed by atoms with Crippen molar-refractivity contribution in [2.75, 3.05) is 14.7 Å². The van der Waals surface area contributed by atoms with Crippen molar-refractivity contribution in [1.29, 1.82) is 0 Å². The van der Waals surface area contributed by atoms with Crippen LogP contribution in [0.25, 0.3) is 62.6 Å². The summed E-state index contributed by atoms with van der Waals surface area (Å²) in [7, 11) is -0.194. The van der Waals surface area contributed by atoms with E-state index in [1.54, 1.807) is 54.0 Å². The zero-order chi connectivity index (χ0) is 81.5. The maximum Gasteiger partial charge on any atom is 0.0462 e. The number of halogens is 3. The molecule has 1 aliphatic heterocycles. The topological polar surface area (TPSA) is 28.2 Å². The molecule has 1 saturated heterocycles. The van der Waals surface area contributed by atoms with Gasteiger partial charge in [-0.15, -0.1) is 34.0 Å². The molecule has 0 bridgehead atoms. The number of thiophene rings is 7. The third-order valence-electron chi connectivity index (χ3n) is 20.3. The van der Waals surface area contributed by atoms with Gasteiger partial charge in [0.1, 0.15) is 0 Å². The second kappa shape index (κ2) is 38.0. The fourth-order valence-corrected chi connectivity index (χ4v) is 35.7. The van der Waals surface area contributed by atoms with E-state index in [1.165, 1.54) is 79.7 Å². The first kappa shape index (κ1) is 86.5. The van der Waals surface area contributed by atoms with Gasteiger partial charge in [0, 0.05) is 67.0 Å². The van der Waals surface area contributed by atoms with Crippen LogP contribution in [0, 0.1) is 0 Å². The van der Waals surface area contributed by atoms with E-state index in [-0.39, 0.29) is 18.3 Å². The second-order valence-electron chi connectivity index (χ2n) is 32.5. The van der Waals surface area contributed by atoms with Gasteiger partial charge in [0.2, 0.25) is 0 Å². The molecule has 586 valence electrons. The van der Waals surface area contributed by atoms with E-state index in [2.05, 4.69) is 442 Å². The molecular formula is C97H93BBr3N3O2S7Sn3. The predicted octanol–water partition coefficient (Wildman–Crippen LogP) is 31.8. The maximum atomic E-state index is 5.90. The minimum atomic E-state index is -2.08. The number of benzene rings is 9. The summed E-state index contributed by atoms with van der Waals surface area (Å²) in [4.78, 5) is 37.4. The monoisotopic (exact) mass is 2160 g/mol. The molecule has 0 N–H and O–H groups in total. The van der Waals surface area contributed by atoms with E-state index in [9.17, 15) is 0 Å². The molecule has 8 heterocycles. The van der Waals surface area contributed by atoms with Crippen LogP contribution in [0.15, 0.2) is 338 Å². The molecule has 0 amide bonds. The molecule has 9 aromatic carbocycles. The average molecular weight is 2160 g/mol. The maximum absolute atomic E-state index is 5.90. The molecule has 19 heteroatoms. The van der Waals surface area contributed by atoms with Crippen molar-refractivity contribution in [3.63, 3.8) is 0 Å². The molecule has 116 heavy (non-hydrogen) atoms. The molecule has 5 nitrogen and oxygen atoms in total. The molecule has 17 rings (SSSR count). The van der Waals surface area contributed by atoms with Gasteiger partial charge in [-0.25, -0.2) is 0 Å². The Hall–Kier alpha value is -5.90. The summed E-state index contributed by atoms with van der Waals surface area (Å²) in [6.45, 7) is 8.28. The normalized spacial score (nSPS) is 13.1. The average Bonchev–Trinajstić information content (AvgIpc) is 1.55. The third kappa shape index (κ3) is 21.5. The van der Waals surface area contributed by atoms with Gasteiger partial charge in [-0.2, -0.15) is 11.3 Å². The molecule has 0 spiro atoms. The molecule has 1 aliphatic rings. The molecule has 0 radical (unpaired) electrons. The molecule has 0 saturated carbocycles. The van der Waals surface area contributed by atoms with Crippen LogP contribution < -0.4 is 28.2 Å². The van der Waals surface area contributed by atoms with Gasteiger partial charge in [0.05, 0.1) is 11.2 Å². The number of anilines is 9. The van der Waals surface area contributed by atoms with E-state index >= 15 is 0 Å². The van der Waals surface area contributed by atoms with Crippen LogP contribution in [0.1, 0.15) is 27.7 Å². The summed E-state index contributed by atoms with van der Waals surface area (Å²) < 4.78 is 21.0. The summed E-state index contributed by atoms with van der Waals surface area (Å²) in [5.41, 5.74) is 17.5. The molecule has 0 unspecified atom stereocenters. The van der Waals surface area contributed by atoms with Crippen LogP contribution in [0.5, 0.6) is 0 Å². The van der Waals surface area contributed by atoms with E-state index in [1.807, 2.05) is 51.5 Å². The molecule has 0 atom stereocenters. The Bertz CT molecular complexity index is 5250. The minimum absolute atomic E-state index is 0.194. The van der Waals surface area contributed by atoms with Gasteiger partial charge in [-0.05, 0) is 193 Å². The quantitative estimate of drug-likeness (QED) is 0.0753. The van der Waals surface area contributed by atoms with Crippen molar-refractivity contribution in [3.8, 4) is 62.6 Å². The Balaban J connectivity index is 0.000000138. The zero-order valence-electron chi connectivity index (χ0n) is 67.4. The van der Waals surface area contributed by atoms with E-state index in [4.69, 9.17) is 9.31 Å². The smallest absolute Gasteiger partial charge is 0.0462 e. The van der Waals surface area contributed by atoms with E-state index in [0.29, 0.717) is 0 Å². The summed E-state index contributed by atoms with van der Waals surface area (Å²) in [6, 6.07) is 110. The van der Waals surface area contributed by atoms with Crippen molar-refractivity contribution >= 4 is 254 Å². The van der Waals surface area contributed by atoms with Crippen molar-refractivity contribution in [2.45, 2.75) is 83.4 Å². The van der Waals surface area contributed by atoms with Crippen molar-refractivity contribution in [3.05, 3.63) is 338 Å². The summed E-state index contributed by atoms with van der Waals surface area (Å²) in [6.07, 6.45) is 0. The van der Waals surface area contributed by atoms with Gasteiger partial charge in [0.15, 0.2) is 0 Å². The molecule has 16 aromatic rings. The Morgan fingerprint density at radius 1 is 0.250 bits per heavy atom. The fourth-order valence-electron chi connectivity index (χ4n) is 13.2. The Kier molecular flexibility index (Phi) is 28.4. The van der Waals surface area contributed by atoms with Gasteiger partial charge < -0.3 is 19.1 Å². The third-order valence-corrected chi connectivity index (χ3v) is 57.5. The molecule has 1 fully saturated rings. The predicted molar refractivity (Wildman–Crippen MR) is 535 cm³/mol. The van der Waals surface area contributed by atoms with Crippen LogP contribution >= 0.6 is 127 Å². The van der Waals surface area contributed by atoms with Crippen molar-refractivity contribution in [2.24, 2.45) is 0 Å². The SMILES string of the molecule is Brc1ccc(N(c2ccc(Br)cc2)c2ccc(Br)cc2)cc1.CC1(C)OB(c2cccs2)OC1(C)C.[CH3][Sn]([CH3])([CH3])[c]1ccc(-c2ccc(N(c3ccc(-c4cc[c]([Sn]([CH3])([CH3])[CH3])s4)cc3)c3ccc(-c4cc[c]([Sn]([CH3])([CH3])[CH3])s4)cc3)cc2)s1.c1csc(-c2ccc(N(c3ccc(-c4cccs4)cc3)c3ccc(-c4cccs4)cc3)cc2)c1. The van der Waals surface area contributed by atoms with E-state index in [0.717, 1.165) is 52.3 Å². The summed E-state index contributed by atoms with van der Waals surface area (Å²) in [5, 5.41) is 8.42. The van der Waals surface area contributed by atoms with Crippen LogP contribution in [0.4, 0.5) is 51.2 Å². The molecular weight excluding hydrogens is 2070 g/mol. The second-order valence-corrected chi connectivity index (χ2v) is 88.6. The Morgan fingerprint density at radius 2 is 0.457 bits per heavy atom. The first-order valence-electron chi connectivity index (χ1n) is 38.7. The van der Waals surface area contributed by atoms with Crippen LogP contribution in [0.3, 0.4) is 0 Å². The van der Waals surface area contributed by atoms with E-state index < -0.39 is 55.1 Å². The van der Waals surface area contributed by atoms with Gasteiger partial charge in [-0.3, -0.25) is 0 Å². The van der Waals surface area contributed by atoms with Crippen molar-refractivity contribution < 1.29 is 9.31 Å². The number of hydrogen-bond acceptors (Lipinski definition) is 12. The van der Waals surface area contributed by atoms with Gasteiger partial charge >= 0.3 is 312 Å². The largest absolute Gasteiger partial charge is 0.311 e. The van der Waals surface area contributed by atoms with Gasteiger partial charge in [0.25, 0.3) is 0 Å². The number of hydrogen-bond donors (Lipinski definition) is 0. The summed E-state index contributed by atoms with van der Waals surface area (Å²) in [5.74, 6) is 0. The number of rotatable bonds is 19. The van der Waals surface area contributed by atoms with Gasteiger partial charge in [-0.1, -0.05) is 115 Å². The first-order chi connectivity index (χ1) is 55.6. The minimum Gasteiger partial charge on any atom is -0.311 e.